The molecule has 4 heteroatoms. The summed E-state index contributed by atoms with van der Waals surface area (Å²) in [5, 5.41) is 8.79. The molecule has 0 bridgehead atoms. The minimum Gasteiger partial charge on any atom is -0.378 e. The normalized spacial score (nSPS) is 13.5. The molecule has 1 unspecified atom stereocenters. The Morgan fingerprint density at radius 1 is 1.14 bits per heavy atom. The van der Waals surface area contributed by atoms with E-state index in [1.165, 1.54) is 0 Å². The molecule has 0 radical (unpaired) electrons. The summed E-state index contributed by atoms with van der Waals surface area (Å²) in [6.07, 6.45) is -0.693. The van der Waals surface area contributed by atoms with Crippen LogP contribution in [-0.2, 0) is 9.47 Å². The van der Waals surface area contributed by atoms with Gasteiger partial charge in [0.05, 0.1) is 19.8 Å². The van der Waals surface area contributed by atoms with Crippen LogP contribution >= 0.6 is 0 Å². The molecule has 0 aromatic rings. The summed E-state index contributed by atoms with van der Waals surface area (Å²) in [5.74, 6) is 0. The summed E-state index contributed by atoms with van der Waals surface area (Å²) in [7, 11) is 0. The third kappa shape index (κ3) is 8.44. The van der Waals surface area contributed by atoms with Crippen molar-refractivity contribution in [2.45, 2.75) is 27.1 Å². The highest BCUT2D eigenvalue weighted by Crippen LogP contribution is 1.88. The standard InChI is InChI=1S/C10H23NO3/c1-4-11(5-2)6-7-13-8-9-14-10(3)12/h10,12H,4-9H2,1-3H3. The molecule has 0 saturated heterocycles. The Labute approximate surface area is 86.8 Å². The molecular weight excluding hydrogens is 182 g/mol. The highest BCUT2D eigenvalue weighted by atomic mass is 16.6. The van der Waals surface area contributed by atoms with Crippen LogP contribution in [0.25, 0.3) is 0 Å². The lowest BCUT2D eigenvalue weighted by Crippen LogP contribution is -2.27. The fourth-order valence-electron chi connectivity index (χ4n) is 1.11. The summed E-state index contributed by atoms with van der Waals surface area (Å²) < 4.78 is 10.3. The van der Waals surface area contributed by atoms with Gasteiger partial charge in [0.15, 0.2) is 6.29 Å². The van der Waals surface area contributed by atoms with E-state index in [-0.39, 0.29) is 0 Å². The van der Waals surface area contributed by atoms with Crippen LogP contribution in [0.5, 0.6) is 0 Å². The first-order chi connectivity index (χ1) is 6.70. The van der Waals surface area contributed by atoms with Crippen LogP contribution < -0.4 is 0 Å². The molecule has 0 amide bonds. The molecule has 0 rings (SSSR count). The van der Waals surface area contributed by atoms with Crippen molar-refractivity contribution in [1.82, 2.24) is 4.90 Å². The van der Waals surface area contributed by atoms with Gasteiger partial charge in [-0.1, -0.05) is 13.8 Å². The molecule has 1 N–H and O–H groups in total. The molecule has 0 aliphatic rings. The highest BCUT2D eigenvalue weighted by molar-refractivity contribution is 4.49. The Bertz CT molecular complexity index is 116. The second kappa shape index (κ2) is 9.40. The van der Waals surface area contributed by atoms with Crippen LogP contribution in [0, 0.1) is 0 Å². The molecule has 0 heterocycles. The Morgan fingerprint density at radius 2 is 1.79 bits per heavy atom. The van der Waals surface area contributed by atoms with Crippen molar-refractivity contribution in [3.05, 3.63) is 0 Å². The highest BCUT2D eigenvalue weighted by Gasteiger charge is 1.98. The first-order valence-electron chi connectivity index (χ1n) is 5.30. The Balaban J connectivity index is 3.12. The van der Waals surface area contributed by atoms with Crippen LogP contribution in [0.15, 0.2) is 0 Å². The van der Waals surface area contributed by atoms with Crippen LogP contribution in [0.1, 0.15) is 20.8 Å². The van der Waals surface area contributed by atoms with Crippen molar-refractivity contribution in [3.8, 4) is 0 Å². The van der Waals surface area contributed by atoms with E-state index in [9.17, 15) is 0 Å². The number of hydrogen-bond acceptors (Lipinski definition) is 4. The first-order valence-corrected chi connectivity index (χ1v) is 5.30. The smallest absolute Gasteiger partial charge is 0.151 e. The zero-order chi connectivity index (χ0) is 10.8. The predicted octanol–water partition coefficient (Wildman–Crippen LogP) is 0.700. The van der Waals surface area contributed by atoms with E-state index < -0.39 is 6.29 Å². The number of likely N-dealkylation sites (N-methyl/N-ethyl adjacent to an activating group) is 1. The molecule has 1 atom stereocenters. The van der Waals surface area contributed by atoms with Crippen molar-refractivity contribution in [2.24, 2.45) is 0 Å². The number of ether oxygens (including phenoxy) is 2. The Kier molecular flexibility index (Phi) is 9.29. The Morgan fingerprint density at radius 3 is 2.29 bits per heavy atom. The third-order valence-electron chi connectivity index (χ3n) is 2.03. The maximum absolute atomic E-state index is 8.79. The van der Waals surface area contributed by atoms with Gasteiger partial charge >= 0.3 is 0 Å². The van der Waals surface area contributed by atoms with E-state index >= 15 is 0 Å². The summed E-state index contributed by atoms with van der Waals surface area (Å²) in [6, 6.07) is 0. The molecule has 14 heavy (non-hydrogen) atoms. The number of aliphatic hydroxyl groups is 1. The van der Waals surface area contributed by atoms with E-state index in [1.807, 2.05) is 0 Å². The average Bonchev–Trinajstić information content (AvgIpc) is 2.16. The topological polar surface area (TPSA) is 41.9 Å². The molecule has 0 aliphatic carbocycles. The first kappa shape index (κ1) is 13.8. The van der Waals surface area contributed by atoms with Crippen LogP contribution in [0.4, 0.5) is 0 Å². The summed E-state index contributed by atoms with van der Waals surface area (Å²) >= 11 is 0. The molecule has 4 nitrogen and oxygen atoms in total. The number of rotatable bonds is 9. The SMILES string of the molecule is CCN(CC)CCOCCOC(C)O. The van der Waals surface area contributed by atoms with E-state index in [0.717, 1.165) is 26.2 Å². The van der Waals surface area contributed by atoms with Gasteiger partial charge in [0, 0.05) is 6.54 Å². The van der Waals surface area contributed by atoms with Gasteiger partial charge in [0.1, 0.15) is 0 Å². The van der Waals surface area contributed by atoms with Crippen LogP contribution in [-0.4, -0.2) is 55.8 Å². The molecular formula is C10H23NO3. The van der Waals surface area contributed by atoms with E-state index in [0.29, 0.717) is 13.2 Å². The molecule has 0 fully saturated rings. The van der Waals surface area contributed by atoms with E-state index in [4.69, 9.17) is 14.6 Å². The van der Waals surface area contributed by atoms with Gasteiger partial charge in [-0.2, -0.15) is 0 Å². The van der Waals surface area contributed by atoms with Gasteiger partial charge < -0.3 is 19.5 Å². The maximum Gasteiger partial charge on any atom is 0.151 e. The average molecular weight is 205 g/mol. The number of hydrogen-bond donors (Lipinski definition) is 1. The summed E-state index contributed by atoms with van der Waals surface area (Å²) in [6.45, 7) is 10.7. The number of nitrogens with zero attached hydrogens (tertiary/aromatic N) is 1. The van der Waals surface area contributed by atoms with Gasteiger partial charge in [0.2, 0.25) is 0 Å². The van der Waals surface area contributed by atoms with Crippen molar-refractivity contribution >= 4 is 0 Å². The van der Waals surface area contributed by atoms with Gasteiger partial charge in [-0.05, 0) is 20.0 Å². The fraction of sp³-hybridized carbons (Fsp3) is 1.00. The minimum absolute atomic E-state index is 0.454. The molecule has 0 aliphatic heterocycles. The van der Waals surface area contributed by atoms with Gasteiger partial charge in [-0.15, -0.1) is 0 Å². The lowest BCUT2D eigenvalue weighted by atomic mass is 10.5. The second-order valence-corrected chi connectivity index (χ2v) is 3.11. The van der Waals surface area contributed by atoms with Crippen molar-refractivity contribution in [2.75, 3.05) is 39.5 Å². The van der Waals surface area contributed by atoms with Crippen molar-refractivity contribution in [3.63, 3.8) is 0 Å². The Hall–Kier alpha value is -0.160. The predicted molar refractivity (Wildman–Crippen MR) is 56.2 cm³/mol. The van der Waals surface area contributed by atoms with Gasteiger partial charge in [-0.25, -0.2) is 0 Å². The number of aliphatic hydroxyl groups excluding tert-OH is 1. The summed E-state index contributed by atoms with van der Waals surface area (Å²) in [5.41, 5.74) is 0. The zero-order valence-corrected chi connectivity index (χ0v) is 9.53. The quantitative estimate of drug-likeness (QED) is 0.444. The third-order valence-corrected chi connectivity index (χ3v) is 2.03. The maximum atomic E-state index is 8.79. The van der Waals surface area contributed by atoms with Gasteiger partial charge in [-0.3, -0.25) is 0 Å². The van der Waals surface area contributed by atoms with Crippen LogP contribution in [0.3, 0.4) is 0 Å². The summed E-state index contributed by atoms with van der Waals surface area (Å²) in [4.78, 5) is 2.30. The minimum atomic E-state index is -0.693. The molecule has 0 spiro atoms. The van der Waals surface area contributed by atoms with Crippen LogP contribution in [0.2, 0.25) is 0 Å². The molecule has 0 aromatic heterocycles. The zero-order valence-electron chi connectivity index (χ0n) is 9.53. The van der Waals surface area contributed by atoms with E-state index in [1.54, 1.807) is 6.92 Å². The second-order valence-electron chi connectivity index (χ2n) is 3.11. The lowest BCUT2D eigenvalue weighted by Gasteiger charge is -2.17. The monoisotopic (exact) mass is 205 g/mol. The molecule has 0 saturated carbocycles. The van der Waals surface area contributed by atoms with Gasteiger partial charge in [0.25, 0.3) is 0 Å². The molecule has 0 aromatic carbocycles. The fourth-order valence-corrected chi connectivity index (χ4v) is 1.11. The largest absolute Gasteiger partial charge is 0.378 e. The van der Waals surface area contributed by atoms with Crippen molar-refractivity contribution in [1.29, 1.82) is 0 Å². The van der Waals surface area contributed by atoms with Crippen molar-refractivity contribution < 1.29 is 14.6 Å². The van der Waals surface area contributed by atoms with E-state index in [2.05, 4.69) is 18.7 Å². The lowest BCUT2D eigenvalue weighted by molar-refractivity contribution is -0.0998. The molecule has 86 valence electrons.